The zero-order valence-electron chi connectivity index (χ0n) is 6.86. The molecule has 2 aliphatic carbocycles. The number of nitrogens with two attached hydrogens (primary N) is 1. The molecule has 1 aromatic heterocycles. The fourth-order valence-electron chi connectivity index (χ4n) is 2.49. The molecular formula is C9H12N2S. The molecule has 0 bridgehead atoms. The SMILES string of the molecule is NC1(c2cncs2)CC2CC2C1. The quantitative estimate of drug-likeness (QED) is 0.714. The molecule has 2 saturated carbocycles. The fraction of sp³-hybridized carbons (Fsp3) is 0.667. The second-order valence-electron chi connectivity index (χ2n) is 4.19. The van der Waals surface area contributed by atoms with Gasteiger partial charge < -0.3 is 5.73 Å². The number of fused-ring (bicyclic) bond motifs is 1. The lowest BCUT2D eigenvalue weighted by Crippen LogP contribution is -2.33. The molecule has 2 aliphatic rings. The maximum absolute atomic E-state index is 6.32. The Morgan fingerprint density at radius 2 is 2.25 bits per heavy atom. The highest BCUT2D eigenvalue weighted by molar-refractivity contribution is 7.09. The highest BCUT2D eigenvalue weighted by Gasteiger charge is 2.53. The third kappa shape index (κ3) is 0.866. The minimum atomic E-state index is -0.00521. The van der Waals surface area contributed by atoms with Gasteiger partial charge in [-0.05, 0) is 31.1 Å². The number of hydrogen-bond acceptors (Lipinski definition) is 3. The molecule has 2 N–H and O–H groups in total. The van der Waals surface area contributed by atoms with Gasteiger partial charge in [0.05, 0.1) is 11.0 Å². The van der Waals surface area contributed by atoms with Gasteiger partial charge in [0.2, 0.25) is 0 Å². The van der Waals surface area contributed by atoms with Crippen molar-refractivity contribution in [3.63, 3.8) is 0 Å². The molecule has 1 aromatic rings. The van der Waals surface area contributed by atoms with Crippen LogP contribution in [0.2, 0.25) is 0 Å². The monoisotopic (exact) mass is 180 g/mol. The predicted octanol–water partition coefficient (Wildman–Crippen LogP) is 1.73. The predicted molar refractivity (Wildman–Crippen MR) is 48.8 cm³/mol. The van der Waals surface area contributed by atoms with Gasteiger partial charge in [-0.2, -0.15) is 0 Å². The second-order valence-corrected chi connectivity index (χ2v) is 5.07. The summed E-state index contributed by atoms with van der Waals surface area (Å²) < 4.78 is 0. The van der Waals surface area contributed by atoms with Crippen LogP contribution in [0.25, 0.3) is 0 Å². The summed E-state index contributed by atoms with van der Waals surface area (Å²) in [6, 6.07) is 0. The van der Waals surface area contributed by atoms with Crippen LogP contribution in [0.1, 0.15) is 24.1 Å². The third-order valence-corrected chi connectivity index (χ3v) is 4.24. The summed E-state index contributed by atoms with van der Waals surface area (Å²) in [6.45, 7) is 0. The lowest BCUT2D eigenvalue weighted by molar-refractivity contribution is 0.418. The van der Waals surface area contributed by atoms with Crippen molar-refractivity contribution in [1.29, 1.82) is 0 Å². The van der Waals surface area contributed by atoms with Gasteiger partial charge in [-0.25, -0.2) is 0 Å². The Bertz CT molecular complexity index is 283. The van der Waals surface area contributed by atoms with Crippen LogP contribution in [0.5, 0.6) is 0 Å². The zero-order valence-corrected chi connectivity index (χ0v) is 7.68. The van der Waals surface area contributed by atoms with E-state index in [1.807, 2.05) is 11.7 Å². The molecule has 2 fully saturated rings. The first-order valence-electron chi connectivity index (χ1n) is 4.46. The molecule has 64 valence electrons. The number of hydrogen-bond donors (Lipinski definition) is 1. The molecular weight excluding hydrogens is 168 g/mol. The molecule has 1 heterocycles. The van der Waals surface area contributed by atoms with E-state index in [2.05, 4.69) is 4.98 Å². The van der Waals surface area contributed by atoms with Gasteiger partial charge in [0.15, 0.2) is 0 Å². The Morgan fingerprint density at radius 3 is 2.83 bits per heavy atom. The maximum Gasteiger partial charge on any atom is 0.0794 e. The number of rotatable bonds is 1. The molecule has 3 heteroatoms. The van der Waals surface area contributed by atoms with Crippen molar-refractivity contribution in [2.45, 2.75) is 24.8 Å². The molecule has 0 spiro atoms. The van der Waals surface area contributed by atoms with E-state index in [1.165, 1.54) is 24.1 Å². The Morgan fingerprint density at radius 1 is 1.50 bits per heavy atom. The van der Waals surface area contributed by atoms with E-state index in [9.17, 15) is 0 Å². The van der Waals surface area contributed by atoms with E-state index in [0.29, 0.717) is 0 Å². The molecule has 3 rings (SSSR count). The van der Waals surface area contributed by atoms with Crippen LogP contribution in [0.3, 0.4) is 0 Å². The van der Waals surface area contributed by atoms with Gasteiger partial charge in [-0.15, -0.1) is 11.3 Å². The van der Waals surface area contributed by atoms with Gasteiger partial charge in [0.25, 0.3) is 0 Å². The smallest absolute Gasteiger partial charge is 0.0794 e. The van der Waals surface area contributed by atoms with Crippen molar-refractivity contribution in [3.05, 3.63) is 16.6 Å². The summed E-state index contributed by atoms with van der Waals surface area (Å²) in [5.74, 6) is 1.88. The minimum absolute atomic E-state index is 0.00521. The molecule has 0 radical (unpaired) electrons. The number of nitrogens with zero attached hydrogens (tertiary/aromatic N) is 1. The normalized spacial score (nSPS) is 44.4. The van der Waals surface area contributed by atoms with Crippen LogP contribution in [0.4, 0.5) is 0 Å². The zero-order chi connectivity index (χ0) is 8.18. The topological polar surface area (TPSA) is 38.9 Å². The largest absolute Gasteiger partial charge is 0.321 e. The van der Waals surface area contributed by atoms with E-state index < -0.39 is 0 Å². The average Bonchev–Trinajstić information content (AvgIpc) is 2.59. The van der Waals surface area contributed by atoms with Crippen molar-refractivity contribution in [2.24, 2.45) is 17.6 Å². The number of aromatic nitrogens is 1. The Balaban J connectivity index is 1.92. The van der Waals surface area contributed by atoms with Gasteiger partial charge in [0, 0.05) is 11.1 Å². The van der Waals surface area contributed by atoms with Crippen LogP contribution >= 0.6 is 11.3 Å². The first-order chi connectivity index (χ1) is 5.78. The minimum Gasteiger partial charge on any atom is -0.321 e. The standard InChI is InChI=1S/C9H12N2S/c10-9(8-4-11-5-12-8)2-6-1-7(6)3-9/h4-7H,1-3,10H2. The summed E-state index contributed by atoms with van der Waals surface area (Å²) in [6.07, 6.45) is 5.76. The van der Waals surface area contributed by atoms with Crippen molar-refractivity contribution < 1.29 is 0 Å². The van der Waals surface area contributed by atoms with Gasteiger partial charge in [-0.1, -0.05) is 0 Å². The van der Waals surface area contributed by atoms with Crippen LogP contribution < -0.4 is 5.73 Å². The van der Waals surface area contributed by atoms with Crippen LogP contribution in [-0.4, -0.2) is 4.98 Å². The van der Waals surface area contributed by atoms with Crippen LogP contribution in [-0.2, 0) is 5.54 Å². The second kappa shape index (κ2) is 2.09. The lowest BCUT2D eigenvalue weighted by atomic mass is 9.93. The molecule has 0 aromatic carbocycles. The third-order valence-electron chi connectivity index (χ3n) is 3.24. The van der Waals surface area contributed by atoms with E-state index in [0.717, 1.165) is 11.8 Å². The van der Waals surface area contributed by atoms with E-state index in [-0.39, 0.29) is 5.54 Å². The molecule has 2 unspecified atom stereocenters. The van der Waals surface area contributed by atoms with Crippen LogP contribution in [0, 0.1) is 11.8 Å². The van der Waals surface area contributed by atoms with Crippen LogP contribution in [0.15, 0.2) is 11.7 Å². The average molecular weight is 180 g/mol. The van der Waals surface area contributed by atoms with E-state index in [1.54, 1.807) is 11.3 Å². The maximum atomic E-state index is 6.32. The summed E-state index contributed by atoms with van der Waals surface area (Å²) in [5, 5.41) is 0. The Kier molecular flexibility index (Phi) is 1.23. The highest BCUT2D eigenvalue weighted by atomic mass is 32.1. The van der Waals surface area contributed by atoms with Crippen molar-refractivity contribution in [2.75, 3.05) is 0 Å². The summed E-state index contributed by atoms with van der Waals surface area (Å²) in [4.78, 5) is 5.38. The molecule has 2 atom stereocenters. The lowest BCUT2D eigenvalue weighted by Gasteiger charge is -2.23. The van der Waals surface area contributed by atoms with Crippen molar-refractivity contribution >= 4 is 11.3 Å². The van der Waals surface area contributed by atoms with Gasteiger partial charge in [0.1, 0.15) is 0 Å². The first kappa shape index (κ1) is 7.04. The molecule has 0 saturated heterocycles. The number of thiazole rings is 1. The van der Waals surface area contributed by atoms with Gasteiger partial charge >= 0.3 is 0 Å². The molecule has 12 heavy (non-hydrogen) atoms. The summed E-state index contributed by atoms with van der Waals surface area (Å²) in [5.41, 5.74) is 8.19. The highest BCUT2D eigenvalue weighted by Crippen LogP contribution is 2.58. The Hall–Kier alpha value is -0.410. The summed E-state index contributed by atoms with van der Waals surface area (Å²) in [7, 11) is 0. The summed E-state index contributed by atoms with van der Waals surface area (Å²) >= 11 is 1.71. The Labute approximate surface area is 75.8 Å². The molecule has 0 amide bonds. The van der Waals surface area contributed by atoms with Crippen molar-refractivity contribution in [3.8, 4) is 0 Å². The van der Waals surface area contributed by atoms with E-state index in [4.69, 9.17) is 5.73 Å². The molecule has 0 aliphatic heterocycles. The molecule has 2 nitrogen and oxygen atoms in total. The first-order valence-corrected chi connectivity index (χ1v) is 5.34. The van der Waals surface area contributed by atoms with Gasteiger partial charge in [-0.3, -0.25) is 4.98 Å². The van der Waals surface area contributed by atoms with Crippen molar-refractivity contribution in [1.82, 2.24) is 4.98 Å². The van der Waals surface area contributed by atoms with E-state index >= 15 is 0 Å². The fourth-order valence-corrected chi connectivity index (χ4v) is 3.25.